The monoisotopic (exact) mass is 368 g/mol. The molecule has 4 rings (SSSR count). The van der Waals surface area contributed by atoms with E-state index in [1.807, 2.05) is 24.3 Å². The van der Waals surface area contributed by atoms with Gasteiger partial charge in [-0.25, -0.2) is 9.18 Å². The molecule has 2 N–H and O–H groups in total. The zero-order chi connectivity index (χ0) is 18.6. The van der Waals surface area contributed by atoms with E-state index in [1.165, 1.54) is 24.3 Å². The molecule has 1 aliphatic rings. The SMILES string of the molecule is O=C(NCC1CCN(c2nc3ccccc3o2)CC1)Nc1ccc(F)cc1. The van der Waals surface area contributed by atoms with Crippen LogP contribution in [-0.4, -0.2) is 30.6 Å². The number of piperidine rings is 1. The number of para-hydroxylation sites is 2. The highest BCUT2D eigenvalue weighted by molar-refractivity contribution is 5.89. The number of oxazole rings is 1. The predicted molar refractivity (Wildman–Crippen MR) is 102 cm³/mol. The van der Waals surface area contributed by atoms with Gasteiger partial charge in [-0.05, 0) is 55.2 Å². The van der Waals surface area contributed by atoms with Gasteiger partial charge in [-0.15, -0.1) is 0 Å². The summed E-state index contributed by atoms with van der Waals surface area (Å²) in [5.41, 5.74) is 2.24. The van der Waals surface area contributed by atoms with Crippen LogP contribution >= 0.6 is 0 Å². The molecule has 2 heterocycles. The molecule has 2 aromatic carbocycles. The standard InChI is InChI=1S/C20H21FN4O2/c21-15-5-7-16(8-6-15)23-19(26)22-13-14-9-11-25(12-10-14)20-24-17-3-1-2-4-18(17)27-20/h1-8,14H,9-13H2,(H2,22,23,26). The average Bonchev–Trinajstić information content (AvgIpc) is 3.13. The first-order valence-corrected chi connectivity index (χ1v) is 9.08. The molecule has 0 saturated carbocycles. The summed E-state index contributed by atoms with van der Waals surface area (Å²) in [6.07, 6.45) is 1.91. The fourth-order valence-electron chi connectivity index (χ4n) is 3.27. The molecule has 2 amide bonds. The van der Waals surface area contributed by atoms with Gasteiger partial charge >= 0.3 is 6.03 Å². The zero-order valence-corrected chi connectivity index (χ0v) is 14.8. The van der Waals surface area contributed by atoms with Crippen molar-refractivity contribution in [2.45, 2.75) is 12.8 Å². The Hall–Kier alpha value is -3.09. The van der Waals surface area contributed by atoms with Crippen molar-refractivity contribution in [3.05, 3.63) is 54.3 Å². The quantitative estimate of drug-likeness (QED) is 0.730. The zero-order valence-electron chi connectivity index (χ0n) is 14.8. The molecule has 1 saturated heterocycles. The van der Waals surface area contributed by atoms with E-state index in [0.717, 1.165) is 37.0 Å². The molecule has 0 spiro atoms. The van der Waals surface area contributed by atoms with Crippen LogP contribution in [0.25, 0.3) is 11.1 Å². The van der Waals surface area contributed by atoms with Gasteiger partial charge in [0, 0.05) is 25.3 Å². The van der Waals surface area contributed by atoms with Crippen LogP contribution in [0.5, 0.6) is 0 Å². The Balaban J connectivity index is 1.24. The summed E-state index contributed by atoms with van der Waals surface area (Å²) in [6, 6.07) is 13.8. The molecule has 0 atom stereocenters. The van der Waals surface area contributed by atoms with Crippen molar-refractivity contribution in [1.82, 2.24) is 10.3 Å². The summed E-state index contributed by atoms with van der Waals surface area (Å²) < 4.78 is 18.7. The smallest absolute Gasteiger partial charge is 0.319 e. The first-order chi connectivity index (χ1) is 13.2. The largest absolute Gasteiger partial charge is 0.423 e. The minimum absolute atomic E-state index is 0.275. The Morgan fingerprint density at radius 1 is 1.15 bits per heavy atom. The number of carbonyl (C=O) groups is 1. The second-order valence-corrected chi connectivity index (χ2v) is 6.74. The normalized spacial score (nSPS) is 15.1. The van der Waals surface area contributed by atoms with Crippen molar-refractivity contribution < 1.29 is 13.6 Å². The van der Waals surface area contributed by atoms with E-state index in [4.69, 9.17) is 4.42 Å². The topological polar surface area (TPSA) is 70.4 Å². The number of rotatable bonds is 4. The number of nitrogens with zero attached hydrogens (tertiary/aromatic N) is 2. The van der Waals surface area contributed by atoms with Crippen molar-refractivity contribution in [1.29, 1.82) is 0 Å². The second-order valence-electron chi connectivity index (χ2n) is 6.74. The number of carbonyl (C=O) groups excluding carboxylic acids is 1. The first kappa shape index (κ1) is 17.3. The Morgan fingerprint density at radius 3 is 2.63 bits per heavy atom. The van der Waals surface area contributed by atoms with Gasteiger partial charge in [-0.2, -0.15) is 4.98 Å². The van der Waals surface area contributed by atoms with E-state index >= 15 is 0 Å². The number of halogens is 1. The van der Waals surface area contributed by atoms with E-state index < -0.39 is 0 Å². The van der Waals surface area contributed by atoms with Gasteiger partial charge in [-0.3, -0.25) is 0 Å². The molecule has 1 aromatic heterocycles. The Bertz CT molecular complexity index is 884. The van der Waals surface area contributed by atoms with Gasteiger partial charge in [-0.1, -0.05) is 12.1 Å². The van der Waals surface area contributed by atoms with Crippen LogP contribution in [0, 0.1) is 11.7 Å². The molecule has 3 aromatic rings. The molecule has 6 nitrogen and oxygen atoms in total. The predicted octanol–water partition coefficient (Wildman–Crippen LogP) is 4.01. The Labute approximate surface area is 156 Å². The summed E-state index contributed by atoms with van der Waals surface area (Å²) in [6.45, 7) is 2.30. The van der Waals surface area contributed by atoms with Gasteiger partial charge < -0.3 is 20.0 Å². The maximum Gasteiger partial charge on any atom is 0.319 e. The van der Waals surface area contributed by atoms with Crippen LogP contribution in [0.15, 0.2) is 52.9 Å². The molecule has 7 heteroatoms. The summed E-state index contributed by atoms with van der Waals surface area (Å²) in [5.74, 6) is 0.0799. The van der Waals surface area contributed by atoms with Gasteiger partial charge in [0.05, 0.1) is 0 Å². The van der Waals surface area contributed by atoms with Gasteiger partial charge in [0.25, 0.3) is 6.01 Å². The number of hydrogen-bond donors (Lipinski definition) is 2. The van der Waals surface area contributed by atoms with Crippen LogP contribution in [0.4, 0.5) is 20.9 Å². The third-order valence-corrected chi connectivity index (χ3v) is 4.82. The molecule has 1 fully saturated rings. The van der Waals surface area contributed by atoms with Gasteiger partial charge in [0.2, 0.25) is 0 Å². The number of aromatic nitrogens is 1. The third kappa shape index (κ3) is 4.19. The molecule has 0 radical (unpaired) electrons. The van der Waals surface area contributed by atoms with Crippen molar-refractivity contribution in [2.24, 2.45) is 5.92 Å². The number of fused-ring (bicyclic) bond motifs is 1. The van der Waals surface area contributed by atoms with Crippen molar-refractivity contribution in [2.75, 3.05) is 29.9 Å². The van der Waals surface area contributed by atoms with Crippen molar-refractivity contribution in [3.63, 3.8) is 0 Å². The third-order valence-electron chi connectivity index (χ3n) is 4.82. The van der Waals surface area contributed by atoms with Gasteiger partial charge in [0.15, 0.2) is 5.58 Å². The van der Waals surface area contributed by atoms with E-state index in [0.29, 0.717) is 24.2 Å². The van der Waals surface area contributed by atoms with Crippen LogP contribution in [-0.2, 0) is 0 Å². The number of amides is 2. The average molecular weight is 368 g/mol. The Kier molecular flexibility index (Phi) is 4.91. The summed E-state index contributed by atoms with van der Waals surface area (Å²) in [4.78, 5) is 18.7. The molecular formula is C20H21FN4O2. The number of anilines is 2. The van der Waals surface area contributed by atoms with Gasteiger partial charge in [0.1, 0.15) is 11.3 Å². The number of nitrogens with one attached hydrogen (secondary N) is 2. The first-order valence-electron chi connectivity index (χ1n) is 9.08. The highest BCUT2D eigenvalue weighted by Gasteiger charge is 2.23. The summed E-state index contributed by atoms with van der Waals surface area (Å²) >= 11 is 0. The fraction of sp³-hybridized carbons (Fsp3) is 0.300. The highest BCUT2D eigenvalue weighted by atomic mass is 19.1. The van der Waals surface area contributed by atoms with Crippen LogP contribution in [0.2, 0.25) is 0 Å². The summed E-state index contributed by atoms with van der Waals surface area (Å²) in [5, 5.41) is 5.60. The molecule has 0 unspecified atom stereocenters. The van der Waals surface area contributed by atoms with Crippen LogP contribution in [0.3, 0.4) is 0 Å². The lowest BCUT2D eigenvalue weighted by atomic mass is 9.97. The lowest BCUT2D eigenvalue weighted by molar-refractivity contribution is 0.248. The number of hydrogen-bond acceptors (Lipinski definition) is 4. The maximum absolute atomic E-state index is 12.9. The van der Waals surface area contributed by atoms with E-state index in [2.05, 4.69) is 20.5 Å². The van der Waals surface area contributed by atoms with Crippen LogP contribution < -0.4 is 15.5 Å². The van der Waals surface area contributed by atoms with E-state index in [9.17, 15) is 9.18 Å². The molecule has 140 valence electrons. The number of urea groups is 1. The van der Waals surface area contributed by atoms with E-state index in [1.54, 1.807) is 0 Å². The lowest BCUT2D eigenvalue weighted by Crippen LogP contribution is -2.39. The highest BCUT2D eigenvalue weighted by Crippen LogP contribution is 2.26. The second kappa shape index (κ2) is 7.65. The summed E-state index contributed by atoms with van der Waals surface area (Å²) in [7, 11) is 0. The maximum atomic E-state index is 12.9. The molecule has 0 bridgehead atoms. The molecule has 27 heavy (non-hydrogen) atoms. The molecule has 1 aliphatic heterocycles. The minimum atomic E-state index is -0.327. The van der Waals surface area contributed by atoms with Crippen molar-refractivity contribution >= 4 is 28.8 Å². The Morgan fingerprint density at radius 2 is 1.89 bits per heavy atom. The number of benzene rings is 2. The lowest BCUT2D eigenvalue weighted by Gasteiger charge is -2.30. The fourth-order valence-corrected chi connectivity index (χ4v) is 3.27. The minimum Gasteiger partial charge on any atom is -0.423 e. The molecule has 0 aliphatic carbocycles. The van der Waals surface area contributed by atoms with Crippen LogP contribution in [0.1, 0.15) is 12.8 Å². The molecular weight excluding hydrogens is 347 g/mol. The van der Waals surface area contributed by atoms with Crippen molar-refractivity contribution in [3.8, 4) is 0 Å². The van der Waals surface area contributed by atoms with E-state index in [-0.39, 0.29) is 11.8 Å².